The van der Waals surface area contributed by atoms with Crippen LogP contribution in [0.1, 0.15) is 39.2 Å². The highest BCUT2D eigenvalue weighted by atomic mass is 16.2. The van der Waals surface area contributed by atoms with E-state index in [1.165, 1.54) is 25.2 Å². The molecule has 1 saturated heterocycles. The topological polar surface area (TPSA) is 201 Å². The van der Waals surface area contributed by atoms with E-state index in [9.17, 15) is 33.6 Å². The largest absolute Gasteiger partial charge is 0.355 e. The second kappa shape index (κ2) is 17.2. The summed E-state index contributed by atoms with van der Waals surface area (Å²) >= 11 is 0. The van der Waals surface area contributed by atoms with Gasteiger partial charge in [-0.25, -0.2) is 4.98 Å². The van der Waals surface area contributed by atoms with Gasteiger partial charge in [0.05, 0.1) is 23.8 Å². The molecule has 15 nitrogen and oxygen atoms in total. The van der Waals surface area contributed by atoms with Gasteiger partial charge in [-0.15, -0.1) is 0 Å². The maximum absolute atomic E-state index is 13.6. The molecule has 3 aromatic rings. The Morgan fingerprint density at radius 2 is 1.62 bits per heavy atom. The van der Waals surface area contributed by atoms with E-state index in [1.54, 1.807) is 38.1 Å². The van der Waals surface area contributed by atoms with Gasteiger partial charge < -0.3 is 31.5 Å². The molecule has 0 unspecified atom stereocenters. The van der Waals surface area contributed by atoms with Gasteiger partial charge in [0.1, 0.15) is 30.7 Å². The van der Waals surface area contributed by atoms with Crippen molar-refractivity contribution in [3.8, 4) is 0 Å². The Bertz CT molecular complexity index is 1780. The molecule has 4 rings (SSSR count). The Balaban J connectivity index is 1.53. The van der Waals surface area contributed by atoms with Crippen molar-refractivity contribution in [3.63, 3.8) is 0 Å². The minimum absolute atomic E-state index is 0.0713. The van der Waals surface area contributed by atoms with Crippen LogP contribution in [0.5, 0.6) is 0 Å². The first kappa shape index (κ1) is 37.2. The number of likely N-dealkylation sites (N-methyl/N-ethyl adjacent to an activating group) is 1. The maximum atomic E-state index is 13.6. The first-order valence-corrected chi connectivity index (χ1v) is 16.5. The zero-order chi connectivity index (χ0) is 36.4. The summed E-state index contributed by atoms with van der Waals surface area (Å²) in [6.07, 6.45) is 1.73. The third kappa shape index (κ3) is 9.96. The van der Waals surface area contributed by atoms with E-state index in [2.05, 4.69) is 31.6 Å². The maximum Gasteiger partial charge on any atom is 0.261 e. The fraction of sp³-hybridized carbons (Fsp3) is 0.429. The van der Waals surface area contributed by atoms with Gasteiger partial charge in [0.15, 0.2) is 0 Å². The van der Waals surface area contributed by atoms with Gasteiger partial charge in [0.2, 0.25) is 35.4 Å². The van der Waals surface area contributed by atoms with Crippen LogP contribution in [0.2, 0.25) is 0 Å². The lowest BCUT2D eigenvalue weighted by molar-refractivity contribution is -0.139. The average Bonchev–Trinajstić information content (AvgIpc) is 3.08. The molecule has 266 valence electrons. The lowest BCUT2D eigenvalue weighted by Gasteiger charge is -2.28. The summed E-state index contributed by atoms with van der Waals surface area (Å²) in [5.74, 6) is -3.94. The average molecular weight is 689 g/mol. The predicted octanol–water partition coefficient (Wildman–Crippen LogP) is -0.377. The summed E-state index contributed by atoms with van der Waals surface area (Å²) < 4.78 is 1.13. The van der Waals surface area contributed by atoms with Crippen LogP contribution in [0.25, 0.3) is 10.9 Å². The molecular formula is C35H44N8O7. The number of fused-ring (bicyclic) bond motifs is 1. The SMILES string of the molecule is CC(C)[C@H]1NC(=O)[C@@H](NC(=O)Cn2cnc3ccccc3c2=O)CCCNC(=O)CN(C)C(=O)[C@H](Cc2ccccc2)NC(=O)[C@@H](C)NC1=O. The van der Waals surface area contributed by atoms with Crippen LogP contribution in [-0.2, 0) is 41.7 Å². The number of amides is 6. The second-order valence-corrected chi connectivity index (χ2v) is 12.7. The van der Waals surface area contributed by atoms with Crippen molar-refractivity contribution in [1.82, 2.24) is 41.0 Å². The van der Waals surface area contributed by atoms with Gasteiger partial charge in [-0.2, -0.15) is 0 Å². The van der Waals surface area contributed by atoms with Crippen molar-refractivity contribution < 1.29 is 28.8 Å². The highest BCUT2D eigenvalue weighted by Crippen LogP contribution is 2.09. The normalized spacial score (nSPS) is 21.8. The van der Waals surface area contributed by atoms with Gasteiger partial charge in [-0.3, -0.25) is 38.1 Å². The third-order valence-electron chi connectivity index (χ3n) is 8.34. The quantitative estimate of drug-likeness (QED) is 0.231. The summed E-state index contributed by atoms with van der Waals surface area (Å²) in [6, 6.07) is 11.4. The second-order valence-electron chi connectivity index (χ2n) is 12.7. The number of benzene rings is 2. The van der Waals surface area contributed by atoms with E-state index in [-0.39, 0.29) is 32.4 Å². The highest BCUT2D eigenvalue weighted by molar-refractivity contribution is 5.96. The number of hydrogen-bond acceptors (Lipinski definition) is 8. The Hall–Kier alpha value is -5.60. The molecule has 5 N–H and O–H groups in total. The van der Waals surface area contributed by atoms with Crippen LogP contribution in [-0.4, -0.2) is 94.2 Å². The zero-order valence-corrected chi connectivity index (χ0v) is 28.6. The third-order valence-corrected chi connectivity index (χ3v) is 8.34. The van der Waals surface area contributed by atoms with Crippen LogP contribution in [0.15, 0.2) is 65.7 Å². The number of nitrogens with one attached hydrogen (secondary N) is 5. The molecule has 2 aromatic carbocycles. The van der Waals surface area contributed by atoms with Crippen molar-refractivity contribution >= 4 is 46.3 Å². The Morgan fingerprint density at radius 1 is 0.920 bits per heavy atom. The molecule has 6 amide bonds. The molecule has 15 heteroatoms. The number of rotatable bonds is 6. The molecule has 2 heterocycles. The van der Waals surface area contributed by atoms with Crippen molar-refractivity contribution in [1.29, 1.82) is 0 Å². The minimum atomic E-state index is -1.14. The van der Waals surface area contributed by atoms with Gasteiger partial charge in [-0.1, -0.05) is 56.3 Å². The molecule has 1 aliphatic heterocycles. The van der Waals surface area contributed by atoms with Crippen molar-refractivity contribution in [3.05, 3.63) is 76.8 Å². The van der Waals surface area contributed by atoms with Gasteiger partial charge >= 0.3 is 0 Å². The first-order chi connectivity index (χ1) is 23.8. The summed E-state index contributed by atoms with van der Waals surface area (Å²) in [4.78, 5) is 98.1. The summed E-state index contributed by atoms with van der Waals surface area (Å²) in [7, 11) is 1.45. The fourth-order valence-corrected chi connectivity index (χ4v) is 5.54. The molecular weight excluding hydrogens is 644 g/mol. The lowest BCUT2D eigenvalue weighted by Crippen LogP contribution is -2.59. The highest BCUT2D eigenvalue weighted by Gasteiger charge is 2.32. The Labute approximate surface area is 289 Å². The van der Waals surface area contributed by atoms with Crippen molar-refractivity contribution in [2.24, 2.45) is 5.92 Å². The van der Waals surface area contributed by atoms with E-state index in [1.807, 2.05) is 30.3 Å². The molecule has 0 radical (unpaired) electrons. The van der Waals surface area contributed by atoms with Crippen molar-refractivity contribution in [2.75, 3.05) is 20.1 Å². The predicted molar refractivity (Wildman–Crippen MR) is 184 cm³/mol. The number of aromatic nitrogens is 2. The molecule has 0 spiro atoms. The molecule has 50 heavy (non-hydrogen) atoms. The van der Waals surface area contributed by atoms with Gasteiger partial charge in [0.25, 0.3) is 5.56 Å². The van der Waals surface area contributed by atoms with Crippen LogP contribution < -0.4 is 32.1 Å². The number of nitrogens with zero attached hydrogens (tertiary/aromatic N) is 3. The summed E-state index contributed by atoms with van der Waals surface area (Å²) in [6.45, 7) is 4.30. The molecule has 0 bridgehead atoms. The number of hydrogen-bond donors (Lipinski definition) is 5. The van der Waals surface area contributed by atoms with Crippen LogP contribution >= 0.6 is 0 Å². The number of para-hydroxylation sites is 1. The number of carbonyl (C=O) groups excluding carboxylic acids is 6. The monoisotopic (exact) mass is 688 g/mol. The van der Waals surface area contributed by atoms with Crippen LogP contribution in [0, 0.1) is 5.92 Å². The fourth-order valence-electron chi connectivity index (χ4n) is 5.54. The van der Waals surface area contributed by atoms with Gasteiger partial charge in [-0.05, 0) is 43.4 Å². The van der Waals surface area contributed by atoms with E-state index in [0.717, 1.165) is 10.1 Å². The minimum Gasteiger partial charge on any atom is -0.355 e. The summed E-state index contributed by atoms with van der Waals surface area (Å²) in [5, 5.41) is 13.7. The standard InChI is InChI=1S/C35H44N8O7/c1-21(2)30-33(48)38-22(3)31(46)40-27(17-23-11-6-5-7-12-23)35(50)42(4)18-28(44)36-16-10-15-26(32(47)41-30)39-29(45)19-43-20-37-25-14-9-8-13-24(25)34(43)49/h5-9,11-14,20-22,26-27,30H,10,15-19H2,1-4H3,(H,36,44)(H,38,48)(H,39,45)(H,40,46)(H,41,47)/t22-,26+,27+,30-/m1/s1. The van der Waals surface area contributed by atoms with E-state index in [0.29, 0.717) is 10.9 Å². The van der Waals surface area contributed by atoms with E-state index < -0.39 is 77.6 Å². The molecule has 0 saturated carbocycles. The molecule has 1 aliphatic rings. The zero-order valence-electron chi connectivity index (χ0n) is 28.6. The summed E-state index contributed by atoms with van der Waals surface area (Å²) in [5.41, 5.74) is 0.840. The number of carbonyl (C=O) groups is 6. The Kier molecular flexibility index (Phi) is 12.8. The van der Waals surface area contributed by atoms with E-state index in [4.69, 9.17) is 0 Å². The smallest absolute Gasteiger partial charge is 0.261 e. The molecule has 0 aliphatic carbocycles. The Morgan fingerprint density at radius 3 is 2.34 bits per heavy atom. The van der Waals surface area contributed by atoms with Crippen molar-refractivity contribution in [2.45, 2.75) is 70.7 Å². The first-order valence-electron chi connectivity index (χ1n) is 16.5. The molecule has 1 aromatic heterocycles. The van der Waals surface area contributed by atoms with Gasteiger partial charge in [0, 0.05) is 20.0 Å². The lowest BCUT2D eigenvalue weighted by atomic mass is 10.0. The van der Waals surface area contributed by atoms with Crippen LogP contribution in [0.4, 0.5) is 0 Å². The molecule has 1 fully saturated rings. The molecule has 4 atom stereocenters. The van der Waals surface area contributed by atoms with Crippen LogP contribution in [0.3, 0.4) is 0 Å². The van der Waals surface area contributed by atoms with E-state index >= 15 is 0 Å².